The van der Waals surface area contributed by atoms with Crippen LogP contribution < -0.4 is 5.32 Å². The predicted molar refractivity (Wildman–Crippen MR) is 85.7 cm³/mol. The number of nitrogens with one attached hydrogen (secondary N) is 1. The van der Waals surface area contributed by atoms with Crippen molar-refractivity contribution >= 4 is 11.8 Å². The van der Waals surface area contributed by atoms with Gasteiger partial charge in [0.1, 0.15) is 11.4 Å². The molecule has 2 heterocycles. The van der Waals surface area contributed by atoms with Gasteiger partial charge in [0.15, 0.2) is 0 Å². The summed E-state index contributed by atoms with van der Waals surface area (Å²) in [6, 6.07) is 5.05. The van der Waals surface area contributed by atoms with Crippen LogP contribution in [0.2, 0.25) is 0 Å². The van der Waals surface area contributed by atoms with Crippen LogP contribution in [0.5, 0.6) is 0 Å². The van der Waals surface area contributed by atoms with Crippen LogP contribution >= 0.6 is 0 Å². The molecule has 1 saturated heterocycles. The number of pyridine rings is 1. The molecule has 120 valence electrons. The first kappa shape index (κ1) is 16.5. The molecule has 0 radical (unpaired) electrons. The molecule has 5 nitrogen and oxygen atoms in total. The van der Waals surface area contributed by atoms with Crippen LogP contribution in [0, 0.1) is 11.8 Å². The molecule has 1 aliphatic heterocycles. The summed E-state index contributed by atoms with van der Waals surface area (Å²) < 4.78 is 0. The van der Waals surface area contributed by atoms with Crippen molar-refractivity contribution in [3.63, 3.8) is 0 Å². The fourth-order valence-corrected chi connectivity index (χ4v) is 2.60. The maximum absolute atomic E-state index is 12.5. The zero-order valence-electron chi connectivity index (χ0n) is 13.6. The van der Waals surface area contributed by atoms with Crippen LogP contribution in [0.15, 0.2) is 18.2 Å². The highest BCUT2D eigenvalue weighted by atomic mass is 16.2. The average molecular weight is 303 g/mol. The monoisotopic (exact) mass is 303 g/mol. The molecule has 0 spiro atoms. The maximum atomic E-state index is 12.5. The Morgan fingerprint density at radius 3 is 2.77 bits per heavy atom. The minimum Gasteiger partial charge on any atom is -0.350 e. The Hall–Kier alpha value is -1.91. The number of hydrogen-bond donors (Lipinski definition) is 1. The average Bonchev–Trinajstić information content (AvgIpc) is 2.52. The molecule has 0 bridgehead atoms. The van der Waals surface area contributed by atoms with E-state index in [2.05, 4.69) is 17.2 Å². The summed E-state index contributed by atoms with van der Waals surface area (Å²) in [4.78, 5) is 30.7. The van der Waals surface area contributed by atoms with E-state index in [9.17, 15) is 9.59 Å². The fraction of sp³-hybridized carbons (Fsp3) is 0.588. The normalized spacial score (nSPS) is 18.4. The third-order valence-electron chi connectivity index (χ3n) is 3.82. The first-order chi connectivity index (χ1) is 10.5. The number of amides is 2. The summed E-state index contributed by atoms with van der Waals surface area (Å²) in [6.07, 6.45) is 2.19. The first-order valence-electron chi connectivity index (χ1n) is 8.02. The second-order valence-corrected chi connectivity index (χ2v) is 6.51. The van der Waals surface area contributed by atoms with Gasteiger partial charge in [-0.1, -0.05) is 26.8 Å². The molecule has 2 amide bonds. The van der Waals surface area contributed by atoms with Gasteiger partial charge >= 0.3 is 0 Å². The van der Waals surface area contributed by atoms with Crippen molar-refractivity contribution in [1.29, 1.82) is 0 Å². The second-order valence-electron chi connectivity index (χ2n) is 6.51. The summed E-state index contributed by atoms with van der Waals surface area (Å²) in [5, 5.41) is 2.82. The molecule has 1 aromatic rings. The van der Waals surface area contributed by atoms with E-state index in [-0.39, 0.29) is 11.8 Å². The van der Waals surface area contributed by atoms with Gasteiger partial charge in [-0.15, -0.1) is 0 Å². The molecule has 1 unspecified atom stereocenters. The van der Waals surface area contributed by atoms with E-state index in [0.29, 0.717) is 29.8 Å². The SMILES string of the molecule is CC(C)CNC(=O)c1cccc(C(=O)N2CCCC(C)C2)n1. The number of aromatic nitrogens is 1. The lowest BCUT2D eigenvalue weighted by Gasteiger charge is -2.30. The number of likely N-dealkylation sites (tertiary alicyclic amines) is 1. The van der Waals surface area contributed by atoms with Gasteiger partial charge in [-0.2, -0.15) is 0 Å². The van der Waals surface area contributed by atoms with Crippen molar-refractivity contribution in [2.75, 3.05) is 19.6 Å². The Morgan fingerprint density at radius 2 is 2.09 bits per heavy atom. The van der Waals surface area contributed by atoms with Crippen molar-refractivity contribution in [3.05, 3.63) is 29.6 Å². The van der Waals surface area contributed by atoms with Gasteiger partial charge in [0, 0.05) is 19.6 Å². The first-order valence-corrected chi connectivity index (χ1v) is 8.02. The van der Waals surface area contributed by atoms with Crippen LogP contribution in [-0.2, 0) is 0 Å². The highest BCUT2D eigenvalue weighted by molar-refractivity contribution is 5.96. The molecule has 0 saturated carbocycles. The molecule has 22 heavy (non-hydrogen) atoms. The van der Waals surface area contributed by atoms with Gasteiger partial charge in [-0.3, -0.25) is 9.59 Å². The highest BCUT2D eigenvalue weighted by Crippen LogP contribution is 2.17. The third-order valence-corrected chi connectivity index (χ3v) is 3.82. The van der Waals surface area contributed by atoms with Crippen molar-refractivity contribution in [2.45, 2.75) is 33.6 Å². The van der Waals surface area contributed by atoms with Crippen molar-refractivity contribution in [1.82, 2.24) is 15.2 Å². The quantitative estimate of drug-likeness (QED) is 0.928. The molecule has 1 aromatic heterocycles. The molecular weight excluding hydrogens is 278 g/mol. The standard InChI is InChI=1S/C17H25N3O2/c1-12(2)10-18-16(21)14-7-4-8-15(19-14)17(22)20-9-5-6-13(3)11-20/h4,7-8,12-13H,5-6,9-11H2,1-3H3,(H,18,21). The summed E-state index contributed by atoms with van der Waals surface area (Å²) in [5.41, 5.74) is 0.655. The van der Waals surface area contributed by atoms with Gasteiger partial charge in [0.05, 0.1) is 0 Å². The van der Waals surface area contributed by atoms with E-state index in [1.807, 2.05) is 18.7 Å². The summed E-state index contributed by atoms with van der Waals surface area (Å²) in [6.45, 7) is 8.36. The third kappa shape index (κ3) is 4.29. The van der Waals surface area contributed by atoms with E-state index in [1.54, 1.807) is 18.2 Å². The summed E-state index contributed by atoms with van der Waals surface area (Å²) in [7, 11) is 0. The van der Waals surface area contributed by atoms with E-state index < -0.39 is 0 Å². The Kier molecular flexibility index (Phi) is 5.52. The zero-order valence-corrected chi connectivity index (χ0v) is 13.6. The van der Waals surface area contributed by atoms with Crippen molar-refractivity contribution < 1.29 is 9.59 Å². The minimum absolute atomic E-state index is 0.0786. The lowest BCUT2D eigenvalue weighted by molar-refractivity contribution is 0.0677. The molecule has 1 N–H and O–H groups in total. The van der Waals surface area contributed by atoms with E-state index in [1.165, 1.54) is 0 Å². The molecule has 5 heteroatoms. The smallest absolute Gasteiger partial charge is 0.272 e. The second kappa shape index (κ2) is 7.38. The predicted octanol–water partition coefficient (Wildman–Crippen LogP) is 2.34. The maximum Gasteiger partial charge on any atom is 0.272 e. The molecule has 0 aromatic carbocycles. The minimum atomic E-state index is -0.227. The van der Waals surface area contributed by atoms with Crippen LogP contribution in [0.1, 0.15) is 54.6 Å². The lowest BCUT2D eigenvalue weighted by atomic mass is 10.00. The molecule has 1 atom stereocenters. The molecule has 1 fully saturated rings. The number of piperidine rings is 1. The van der Waals surface area contributed by atoms with Crippen LogP contribution in [0.25, 0.3) is 0 Å². The topological polar surface area (TPSA) is 62.3 Å². The number of carbonyl (C=O) groups excluding carboxylic acids is 2. The van der Waals surface area contributed by atoms with Crippen molar-refractivity contribution in [2.24, 2.45) is 11.8 Å². The number of nitrogens with zero attached hydrogens (tertiary/aromatic N) is 2. The van der Waals surface area contributed by atoms with Crippen LogP contribution in [0.4, 0.5) is 0 Å². The van der Waals surface area contributed by atoms with Gasteiger partial charge in [0.2, 0.25) is 0 Å². The molecular formula is C17H25N3O2. The Bertz CT molecular complexity index is 542. The molecule has 0 aliphatic carbocycles. The van der Waals surface area contributed by atoms with Crippen molar-refractivity contribution in [3.8, 4) is 0 Å². The Labute approximate surface area is 132 Å². The van der Waals surface area contributed by atoms with Crippen LogP contribution in [-0.4, -0.2) is 41.3 Å². The Morgan fingerprint density at radius 1 is 1.36 bits per heavy atom. The van der Waals surface area contributed by atoms with Gasteiger partial charge < -0.3 is 10.2 Å². The highest BCUT2D eigenvalue weighted by Gasteiger charge is 2.23. The lowest BCUT2D eigenvalue weighted by Crippen LogP contribution is -2.39. The van der Waals surface area contributed by atoms with E-state index in [0.717, 1.165) is 25.9 Å². The van der Waals surface area contributed by atoms with Crippen LogP contribution in [0.3, 0.4) is 0 Å². The Balaban J connectivity index is 2.07. The molecule has 2 rings (SSSR count). The summed E-state index contributed by atoms with van der Waals surface area (Å²) in [5.74, 6) is 0.597. The number of rotatable bonds is 4. The zero-order chi connectivity index (χ0) is 16.1. The van der Waals surface area contributed by atoms with E-state index in [4.69, 9.17) is 0 Å². The fourth-order valence-electron chi connectivity index (χ4n) is 2.60. The molecule has 1 aliphatic rings. The van der Waals surface area contributed by atoms with Gasteiger partial charge in [-0.25, -0.2) is 4.98 Å². The number of hydrogen-bond acceptors (Lipinski definition) is 3. The number of carbonyl (C=O) groups is 2. The van der Waals surface area contributed by atoms with E-state index >= 15 is 0 Å². The largest absolute Gasteiger partial charge is 0.350 e. The van der Waals surface area contributed by atoms with Gasteiger partial charge in [-0.05, 0) is 36.8 Å². The summed E-state index contributed by atoms with van der Waals surface area (Å²) >= 11 is 0. The van der Waals surface area contributed by atoms with Gasteiger partial charge in [0.25, 0.3) is 11.8 Å².